The van der Waals surface area contributed by atoms with Crippen molar-refractivity contribution in [2.45, 2.75) is 33.1 Å². The maximum absolute atomic E-state index is 12.2. The number of benzene rings is 2. The molecule has 0 unspecified atom stereocenters. The smallest absolute Gasteiger partial charge is 0.349 e. The molecule has 0 bridgehead atoms. The fourth-order valence-electron chi connectivity index (χ4n) is 3.74. The molecule has 1 aliphatic carbocycles. The van der Waals surface area contributed by atoms with E-state index < -0.39 is 5.97 Å². The first kappa shape index (κ1) is 18.7. The van der Waals surface area contributed by atoms with Crippen LogP contribution in [0.15, 0.2) is 44.0 Å². The summed E-state index contributed by atoms with van der Waals surface area (Å²) in [6.07, 6.45) is 2.59. The van der Waals surface area contributed by atoms with Gasteiger partial charge >= 0.3 is 11.6 Å². The number of hydrogen-bond acceptors (Lipinski definition) is 5. The van der Waals surface area contributed by atoms with E-state index in [0.717, 1.165) is 51.4 Å². The minimum atomic E-state index is -0.524. The second-order valence-corrected chi connectivity index (χ2v) is 7.91. The van der Waals surface area contributed by atoms with Gasteiger partial charge in [0.25, 0.3) is 0 Å². The average Bonchev–Trinajstić information content (AvgIpc) is 3.11. The number of rotatable bonds is 4. The minimum Gasteiger partial charge on any atom is -0.481 e. The van der Waals surface area contributed by atoms with E-state index in [4.69, 9.17) is 13.9 Å². The predicted molar refractivity (Wildman–Crippen MR) is 109 cm³/mol. The van der Waals surface area contributed by atoms with Gasteiger partial charge in [-0.2, -0.15) is 0 Å². The van der Waals surface area contributed by atoms with Crippen molar-refractivity contribution in [3.05, 3.63) is 67.5 Å². The van der Waals surface area contributed by atoms with Gasteiger partial charge < -0.3 is 13.9 Å². The van der Waals surface area contributed by atoms with Gasteiger partial charge in [-0.3, -0.25) is 0 Å². The van der Waals surface area contributed by atoms with Crippen molar-refractivity contribution >= 4 is 32.9 Å². The van der Waals surface area contributed by atoms with E-state index in [0.29, 0.717) is 17.1 Å². The third kappa shape index (κ3) is 3.56. The molecule has 0 atom stereocenters. The summed E-state index contributed by atoms with van der Waals surface area (Å²) >= 11 is 3.44. The van der Waals surface area contributed by atoms with Crippen LogP contribution in [-0.2, 0) is 17.6 Å². The van der Waals surface area contributed by atoms with E-state index in [1.165, 1.54) is 0 Å². The SMILES string of the molecule is Cc1cc(Br)cc(C)c1OCC(=O)Oc1ccc2c3c(c(=O)oc2c1)CCC3. The Morgan fingerprint density at radius 1 is 1.11 bits per heavy atom. The van der Waals surface area contributed by atoms with Gasteiger partial charge in [-0.1, -0.05) is 15.9 Å². The lowest BCUT2D eigenvalue weighted by Gasteiger charge is -2.12. The summed E-state index contributed by atoms with van der Waals surface area (Å²) in [6, 6.07) is 9.00. The third-order valence-electron chi connectivity index (χ3n) is 4.94. The van der Waals surface area contributed by atoms with Gasteiger partial charge in [0.2, 0.25) is 0 Å². The molecule has 0 saturated heterocycles. The van der Waals surface area contributed by atoms with Crippen LogP contribution in [0.2, 0.25) is 0 Å². The molecule has 0 saturated carbocycles. The summed E-state index contributed by atoms with van der Waals surface area (Å²) in [4.78, 5) is 24.3. The standard InChI is InChI=1S/C22H19BrO5/c1-12-8-14(23)9-13(2)21(12)26-11-20(24)27-15-6-7-17-16-4-3-5-18(16)22(25)28-19(17)10-15/h6-10H,3-5,11H2,1-2H3. The molecule has 6 heteroatoms. The molecular weight excluding hydrogens is 424 g/mol. The van der Waals surface area contributed by atoms with Gasteiger partial charge in [0, 0.05) is 21.5 Å². The Hall–Kier alpha value is -2.60. The van der Waals surface area contributed by atoms with Crippen LogP contribution >= 0.6 is 15.9 Å². The summed E-state index contributed by atoms with van der Waals surface area (Å²) in [5, 5.41) is 0.907. The molecule has 0 radical (unpaired) electrons. The van der Waals surface area contributed by atoms with Crippen molar-refractivity contribution in [1.82, 2.24) is 0 Å². The van der Waals surface area contributed by atoms with E-state index in [2.05, 4.69) is 15.9 Å². The number of aryl methyl sites for hydroxylation is 3. The lowest BCUT2D eigenvalue weighted by atomic mass is 10.1. The van der Waals surface area contributed by atoms with Crippen LogP contribution in [0.1, 0.15) is 28.7 Å². The Morgan fingerprint density at radius 2 is 1.82 bits per heavy atom. The summed E-state index contributed by atoms with van der Waals surface area (Å²) < 4.78 is 17.4. The zero-order chi connectivity index (χ0) is 19.8. The number of ether oxygens (including phenoxy) is 2. The first-order valence-corrected chi connectivity index (χ1v) is 9.90. The molecule has 3 aromatic rings. The molecule has 144 valence electrons. The molecule has 0 aliphatic heterocycles. The predicted octanol–water partition coefficient (Wildman–Crippen LogP) is 4.65. The number of esters is 1. The molecule has 2 aromatic carbocycles. The van der Waals surface area contributed by atoms with Crippen LogP contribution in [0.4, 0.5) is 0 Å². The normalized spacial score (nSPS) is 12.8. The molecular formula is C22H19BrO5. The van der Waals surface area contributed by atoms with Crippen LogP contribution in [0.5, 0.6) is 11.5 Å². The highest BCUT2D eigenvalue weighted by molar-refractivity contribution is 9.10. The van der Waals surface area contributed by atoms with Crippen LogP contribution in [0, 0.1) is 13.8 Å². The van der Waals surface area contributed by atoms with E-state index in [-0.39, 0.29) is 12.2 Å². The lowest BCUT2D eigenvalue weighted by Crippen LogP contribution is -2.18. The van der Waals surface area contributed by atoms with E-state index in [1.54, 1.807) is 12.1 Å². The second kappa shape index (κ2) is 7.43. The number of carbonyl (C=O) groups excluding carboxylic acids is 1. The molecule has 5 nitrogen and oxygen atoms in total. The quantitative estimate of drug-likeness (QED) is 0.334. The first-order valence-electron chi connectivity index (χ1n) is 9.11. The topological polar surface area (TPSA) is 65.7 Å². The van der Waals surface area contributed by atoms with Gasteiger partial charge in [0.1, 0.15) is 17.1 Å². The van der Waals surface area contributed by atoms with Crippen LogP contribution < -0.4 is 15.1 Å². The molecule has 0 fully saturated rings. The summed E-state index contributed by atoms with van der Waals surface area (Å²) in [6.45, 7) is 3.62. The molecule has 0 amide bonds. The molecule has 1 heterocycles. The van der Waals surface area contributed by atoms with Crippen molar-refractivity contribution in [3.8, 4) is 11.5 Å². The summed E-state index contributed by atoms with van der Waals surface area (Å²) in [5.41, 5.74) is 3.83. The van der Waals surface area contributed by atoms with Gasteiger partial charge in [-0.25, -0.2) is 9.59 Å². The molecule has 4 rings (SSSR count). The minimum absolute atomic E-state index is 0.213. The molecule has 1 aromatic heterocycles. The average molecular weight is 443 g/mol. The number of fused-ring (bicyclic) bond motifs is 3. The van der Waals surface area contributed by atoms with Crippen molar-refractivity contribution in [3.63, 3.8) is 0 Å². The lowest BCUT2D eigenvalue weighted by molar-refractivity contribution is -0.136. The Bertz CT molecular complexity index is 1120. The first-order chi connectivity index (χ1) is 13.4. The van der Waals surface area contributed by atoms with E-state index >= 15 is 0 Å². The van der Waals surface area contributed by atoms with Gasteiger partial charge in [-0.15, -0.1) is 0 Å². The van der Waals surface area contributed by atoms with Gasteiger partial charge in [0.15, 0.2) is 6.61 Å². The zero-order valence-electron chi connectivity index (χ0n) is 15.6. The van der Waals surface area contributed by atoms with Crippen LogP contribution in [0.3, 0.4) is 0 Å². The van der Waals surface area contributed by atoms with Crippen molar-refractivity contribution in [2.24, 2.45) is 0 Å². The van der Waals surface area contributed by atoms with Crippen molar-refractivity contribution in [2.75, 3.05) is 6.61 Å². The molecule has 0 N–H and O–H groups in total. The molecule has 1 aliphatic rings. The maximum atomic E-state index is 12.2. The Morgan fingerprint density at radius 3 is 2.57 bits per heavy atom. The van der Waals surface area contributed by atoms with Gasteiger partial charge in [-0.05, 0) is 74.1 Å². The summed E-state index contributed by atoms with van der Waals surface area (Å²) in [5.74, 6) is 0.469. The Balaban J connectivity index is 1.50. The number of hydrogen-bond donors (Lipinski definition) is 0. The number of carbonyl (C=O) groups is 1. The van der Waals surface area contributed by atoms with E-state index in [9.17, 15) is 9.59 Å². The largest absolute Gasteiger partial charge is 0.481 e. The van der Waals surface area contributed by atoms with Crippen molar-refractivity contribution < 1.29 is 18.7 Å². The van der Waals surface area contributed by atoms with Crippen LogP contribution in [-0.4, -0.2) is 12.6 Å². The fraction of sp³-hybridized carbons (Fsp3) is 0.273. The zero-order valence-corrected chi connectivity index (χ0v) is 17.2. The highest BCUT2D eigenvalue weighted by Gasteiger charge is 2.20. The highest BCUT2D eigenvalue weighted by atomic mass is 79.9. The molecule has 0 spiro atoms. The van der Waals surface area contributed by atoms with Gasteiger partial charge in [0.05, 0.1) is 0 Å². The van der Waals surface area contributed by atoms with E-state index in [1.807, 2.05) is 32.0 Å². The number of halogens is 1. The molecule has 28 heavy (non-hydrogen) atoms. The highest BCUT2D eigenvalue weighted by Crippen LogP contribution is 2.30. The third-order valence-corrected chi connectivity index (χ3v) is 5.39. The fourth-order valence-corrected chi connectivity index (χ4v) is 4.43. The maximum Gasteiger partial charge on any atom is 0.349 e. The monoisotopic (exact) mass is 442 g/mol. The van der Waals surface area contributed by atoms with Crippen molar-refractivity contribution in [1.29, 1.82) is 0 Å². The Labute approximate surface area is 170 Å². The summed E-state index contributed by atoms with van der Waals surface area (Å²) in [7, 11) is 0. The Kier molecular flexibility index (Phi) is 4.98. The van der Waals surface area contributed by atoms with Crippen LogP contribution in [0.25, 0.3) is 11.0 Å². The second-order valence-electron chi connectivity index (χ2n) is 6.99.